The van der Waals surface area contributed by atoms with Crippen molar-refractivity contribution in [2.45, 2.75) is 13.1 Å². The topological polar surface area (TPSA) is 80.1 Å². The molecule has 0 atom stereocenters. The molecule has 0 saturated heterocycles. The molecule has 2 amide bonds. The van der Waals surface area contributed by atoms with Gasteiger partial charge in [-0.2, -0.15) is 5.10 Å². The molecule has 25 heavy (non-hydrogen) atoms. The van der Waals surface area contributed by atoms with Crippen LogP contribution in [0.5, 0.6) is 0 Å². The number of nitrogens with zero attached hydrogens (tertiary/aromatic N) is 4. The first kappa shape index (κ1) is 15.5. The third-order valence-corrected chi connectivity index (χ3v) is 4.99. The lowest BCUT2D eigenvalue weighted by Crippen LogP contribution is -2.25. The Kier molecular flexibility index (Phi) is 3.81. The maximum absolute atomic E-state index is 12.7. The van der Waals surface area contributed by atoms with Crippen LogP contribution in [0.25, 0.3) is 5.13 Å². The van der Waals surface area contributed by atoms with E-state index in [2.05, 4.69) is 15.4 Å². The molecule has 1 aliphatic rings. The molecule has 3 aromatic rings. The second-order valence-corrected chi connectivity index (χ2v) is 6.87. The third kappa shape index (κ3) is 2.91. The number of carbonyl (C=O) groups is 2. The third-order valence-electron chi connectivity index (χ3n) is 4.02. The monoisotopic (exact) mass is 353 g/mol. The SMILES string of the molecule is CN(Cc1cnc(-n2cccn2)s1)C(=O)c1ccc2c(c1)CNC2=O. The smallest absolute Gasteiger partial charge is 0.253 e. The van der Waals surface area contributed by atoms with Gasteiger partial charge in [0.2, 0.25) is 5.13 Å². The minimum Gasteiger partial charge on any atom is -0.348 e. The van der Waals surface area contributed by atoms with Gasteiger partial charge in [0.25, 0.3) is 11.8 Å². The number of amides is 2. The van der Waals surface area contributed by atoms with Crippen LogP contribution >= 0.6 is 11.3 Å². The summed E-state index contributed by atoms with van der Waals surface area (Å²) in [5.74, 6) is -0.172. The second kappa shape index (κ2) is 6.14. The van der Waals surface area contributed by atoms with Gasteiger partial charge >= 0.3 is 0 Å². The Balaban J connectivity index is 1.49. The van der Waals surface area contributed by atoms with Gasteiger partial charge in [0.1, 0.15) is 0 Å². The van der Waals surface area contributed by atoms with Crippen molar-refractivity contribution in [3.8, 4) is 5.13 Å². The molecule has 4 rings (SSSR count). The van der Waals surface area contributed by atoms with Crippen LogP contribution < -0.4 is 5.32 Å². The molecular weight excluding hydrogens is 338 g/mol. The highest BCUT2D eigenvalue weighted by Crippen LogP contribution is 2.21. The molecule has 0 unspecified atom stereocenters. The maximum atomic E-state index is 12.7. The molecule has 8 heteroatoms. The number of aromatic nitrogens is 3. The van der Waals surface area contributed by atoms with E-state index in [-0.39, 0.29) is 11.8 Å². The van der Waals surface area contributed by atoms with Crippen LogP contribution in [0.3, 0.4) is 0 Å². The van der Waals surface area contributed by atoms with Crippen LogP contribution in [0.15, 0.2) is 42.9 Å². The summed E-state index contributed by atoms with van der Waals surface area (Å²) in [6, 6.07) is 7.03. The van der Waals surface area contributed by atoms with E-state index in [0.29, 0.717) is 24.2 Å². The van der Waals surface area contributed by atoms with Crippen molar-refractivity contribution in [1.82, 2.24) is 25.0 Å². The summed E-state index contributed by atoms with van der Waals surface area (Å²) in [6.07, 6.45) is 5.29. The minimum absolute atomic E-state index is 0.0850. The predicted molar refractivity (Wildman–Crippen MR) is 92.6 cm³/mol. The number of carbonyl (C=O) groups excluding carboxylic acids is 2. The van der Waals surface area contributed by atoms with Crippen molar-refractivity contribution in [1.29, 1.82) is 0 Å². The quantitative estimate of drug-likeness (QED) is 0.776. The van der Waals surface area contributed by atoms with Gasteiger partial charge in [-0.15, -0.1) is 0 Å². The largest absolute Gasteiger partial charge is 0.348 e. The van der Waals surface area contributed by atoms with Gasteiger partial charge < -0.3 is 10.2 Å². The standard InChI is InChI=1S/C17H15N5O2S/c1-21(10-13-9-19-17(25-13)22-6-2-5-20-22)16(24)11-3-4-14-12(7-11)8-18-15(14)23/h2-7,9H,8,10H2,1H3,(H,18,23). The van der Waals surface area contributed by atoms with Gasteiger partial charge in [0.05, 0.1) is 6.54 Å². The zero-order valence-electron chi connectivity index (χ0n) is 13.5. The number of benzene rings is 1. The molecule has 126 valence electrons. The average molecular weight is 353 g/mol. The van der Waals surface area contributed by atoms with Crippen molar-refractivity contribution < 1.29 is 9.59 Å². The molecule has 2 aromatic heterocycles. The summed E-state index contributed by atoms with van der Waals surface area (Å²) in [5, 5.41) is 7.68. The zero-order chi connectivity index (χ0) is 17.4. The van der Waals surface area contributed by atoms with Gasteiger partial charge in [-0.25, -0.2) is 9.67 Å². The van der Waals surface area contributed by atoms with E-state index < -0.39 is 0 Å². The summed E-state index contributed by atoms with van der Waals surface area (Å²) in [7, 11) is 1.76. The average Bonchev–Trinajstić information content (AvgIpc) is 3.35. The fourth-order valence-corrected chi connectivity index (χ4v) is 3.65. The van der Waals surface area contributed by atoms with Crippen LogP contribution in [0, 0.1) is 0 Å². The Bertz CT molecular complexity index is 948. The minimum atomic E-state index is -0.0869. The number of thiazole rings is 1. The van der Waals surface area contributed by atoms with Crippen LogP contribution in [-0.2, 0) is 13.1 Å². The highest BCUT2D eigenvalue weighted by molar-refractivity contribution is 7.14. The van der Waals surface area contributed by atoms with Crippen LogP contribution in [0.4, 0.5) is 0 Å². The number of hydrogen-bond donors (Lipinski definition) is 1. The fourth-order valence-electron chi connectivity index (χ4n) is 2.75. The Labute approximate surface area is 147 Å². The highest BCUT2D eigenvalue weighted by atomic mass is 32.1. The van der Waals surface area contributed by atoms with Crippen molar-refractivity contribution >= 4 is 23.2 Å². The van der Waals surface area contributed by atoms with E-state index in [1.165, 1.54) is 11.3 Å². The summed E-state index contributed by atoms with van der Waals surface area (Å²) in [5.41, 5.74) is 2.09. The Hall–Kier alpha value is -3.00. The van der Waals surface area contributed by atoms with E-state index in [0.717, 1.165) is 15.6 Å². The fraction of sp³-hybridized carbons (Fsp3) is 0.176. The van der Waals surface area contributed by atoms with Gasteiger partial charge in [-0.05, 0) is 29.8 Å². The summed E-state index contributed by atoms with van der Waals surface area (Å²) in [6.45, 7) is 0.938. The van der Waals surface area contributed by atoms with Crippen LogP contribution in [0.1, 0.15) is 31.2 Å². The van der Waals surface area contributed by atoms with Crippen molar-refractivity contribution in [2.24, 2.45) is 0 Å². The lowest BCUT2D eigenvalue weighted by Gasteiger charge is -2.16. The van der Waals surface area contributed by atoms with Crippen molar-refractivity contribution in [3.05, 3.63) is 64.4 Å². The predicted octanol–water partition coefficient (Wildman–Crippen LogP) is 1.84. The lowest BCUT2D eigenvalue weighted by atomic mass is 10.1. The lowest BCUT2D eigenvalue weighted by molar-refractivity contribution is 0.0786. The maximum Gasteiger partial charge on any atom is 0.253 e. The Morgan fingerprint density at radius 2 is 2.32 bits per heavy atom. The zero-order valence-corrected chi connectivity index (χ0v) is 14.3. The van der Waals surface area contributed by atoms with Gasteiger partial charge in [0.15, 0.2) is 0 Å². The van der Waals surface area contributed by atoms with Gasteiger partial charge in [-0.3, -0.25) is 9.59 Å². The molecule has 3 heterocycles. The molecule has 0 radical (unpaired) electrons. The highest BCUT2D eigenvalue weighted by Gasteiger charge is 2.21. The van der Waals surface area contributed by atoms with E-state index in [9.17, 15) is 9.59 Å². The van der Waals surface area contributed by atoms with E-state index in [4.69, 9.17) is 0 Å². The summed E-state index contributed by atoms with van der Waals surface area (Å²) in [4.78, 5) is 31.2. The first-order valence-corrected chi connectivity index (χ1v) is 8.55. The number of rotatable bonds is 4. The van der Waals surface area contributed by atoms with Crippen molar-refractivity contribution in [2.75, 3.05) is 7.05 Å². The molecule has 0 spiro atoms. The number of hydrogen-bond acceptors (Lipinski definition) is 5. The van der Waals surface area contributed by atoms with E-state index >= 15 is 0 Å². The first-order chi connectivity index (χ1) is 12.1. The first-order valence-electron chi connectivity index (χ1n) is 7.73. The molecule has 0 aliphatic carbocycles. The molecule has 1 N–H and O–H groups in total. The second-order valence-electron chi connectivity index (χ2n) is 5.78. The molecule has 1 aromatic carbocycles. The summed E-state index contributed by atoms with van der Waals surface area (Å²) >= 11 is 1.49. The van der Waals surface area contributed by atoms with Crippen LogP contribution in [0.2, 0.25) is 0 Å². The summed E-state index contributed by atoms with van der Waals surface area (Å²) < 4.78 is 1.69. The van der Waals surface area contributed by atoms with Crippen molar-refractivity contribution in [3.63, 3.8) is 0 Å². The Morgan fingerprint density at radius 1 is 1.44 bits per heavy atom. The molecule has 1 aliphatic heterocycles. The number of nitrogens with one attached hydrogen (secondary N) is 1. The van der Waals surface area contributed by atoms with E-state index in [1.807, 2.05) is 12.3 Å². The van der Waals surface area contributed by atoms with E-state index in [1.54, 1.807) is 47.2 Å². The van der Waals surface area contributed by atoms with Crippen LogP contribution in [-0.4, -0.2) is 38.5 Å². The molecule has 0 fully saturated rings. The molecule has 7 nitrogen and oxygen atoms in total. The van der Waals surface area contributed by atoms with Gasteiger partial charge in [-0.1, -0.05) is 11.3 Å². The number of fused-ring (bicyclic) bond motifs is 1. The molecule has 0 saturated carbocycles. The van der Waals surface area contributed by atoms with Gasteiger partial charge in [0, 0.05) is 48.2 Å². The molecule has 0 bridgehead atoms. The normalized spacial score (nSPS) is 12.8. The molecular formula is C17H15N5O2S. The Morgan fingerprint density at radius 3 is 3.12 bits per heavy atom.